The van der Waals surface area contributed by atoms with Crippen molar-refractivity contribution in [3.63, 3.8) is 0 Å². The standard InChI is InChI=1S/C23H32O5/c1-14(2)22-19(25)11-15(3)7-6-8-16(4)12-21(22)28-23(26)17-9-10-18(24)20(13-17)27-5/h8-11,13-14,19,21-22,24-25H,6-7,12H2,1-5H3/b15-11+,16-8-/t19-,21-,22-/m0/s1. The number of esters is 1. The third-order valence-corrected chi connectivity index (χ3v) is 5.28. The van der Waals surface area contributed by atoms with Crippen molar-refractivity contribution < 1.29 is 24.5 Å². The lowest BCUT2D eigenvalue weighted by Gasteiger charge is -2.33. The van der Waals surface area contributed by atoms with Gasteiger partial charge in [-0.15, -0.1) is 0 Å². The van der Waals surface area contributed by atoms with Crippen LogP contribution in [0.4, 0.5) is 0 Å². The molecule has 0 fully saturated rings. The monoisotopic (exact) mass is 388 g/mol. The summed E-state index contributed by atoms with van der Waals surface area (Å²) in [5.74, 6) is -0.410. The van der Waals surface area contributed by atoms with E-state index in [1.165, 1.54) is 25.3 Å². The molecule has 0 radical (unpaired) electrons. The van der Waals surface area contributed by atoms with Crippen LogP contribution >= 0.6 is 0 Å². The van der Waals surface area contributed by atoms with Crippen LogP contribution in [0, 0.1) is 11.8 Å². The van der Waals surface area contributed by atoms with Gasteiger partial charge in [-0.2, -0.15) is 0 Å². The first kappa shape index (κ1) is 22.0. The number of aromatic hydroxyl groups is 1. The van der Waals surface area contributed by atoms with Crippen molar-refractivity contribution in [2.75, 3.05) is 7.11 Å². The van der Waals surface area contributed by atoms with Gasteiger partial charge in [0.2, 0.25) is 0 Å². The molecule has 0 amide bonds. The third-order valence-electron chi connectivity index (χ3n) is 5.28. The largest absolute Gasteiger partial charge is 0.504 e. The van der Waals surface area contributed by atoms with Crippen LogP contribution in [-0.2, 0) is 4.74 Å². The van der Waals surface area contributed by atoms with Gasteiger partial charge >= 0.3 is 5.97 Å². The van der Waals surface area contributed by atoms with Crippen LogP contribution in [0.15, 0.2) is 41.5 Å². The zero-order valence-corrected chi connectivity index (χ0v) is 17.4. The van der Waals surface area contributed by atoms with E-state index in [4.69, 9.17) is 9.47 Å². The molecule has 5 heteroatoms. The summed E-state index contributed by atoms with van der Waals surface area (Å²) < 4.78 is 11.0. The summed E-state index contributed by atoms with van der Waals surface area (Å²) in [6, 6.07) is 4.38. The number of aliphatic hydroxyl groups is 1. The van der Waals surface area contributed by atoms with E-state index in [2.05, 4.69) is 6.08 Å². The fourth-order valence-corrected chi connectivity index (χ4v) is 3.74. The van der Waals surface area contributed by atoms with E-state index in [0.29, 0.717) is 12.0 Å². The zero-order valence-electron chi connectivity index (χ0n) is 17.4. The summed E-state index contributed by atoms with van der Waals surface area (Å²) in [6.07, 6.45) is 5.33. The molecular weight excluding hydrogens is 356 g/mol. The summed E-state index contributed by atoms with van der Waals surface area (Å²) in [7, 11) is 1.43. The molecule has 0 saturated carbocycles. The first-order valence-electron chi connectivity index (χ1n) is 9.82. The van der Waals surface area contributed by atoms with Gasteiger partial charge in [-0.25, -0.2) is 4.79 Å². The molecule has 3 atom stereocenters. The Morgan fingerprint density at radius 1 is 1.21 bits per heavy atom. The second-order valence-electron chi connectivity index (χ2n) is 7.95. The Kier molecular flexibility index (Phi) is 7.69. The lowest BCUT2D eigenvalue weighted by molar-refractivity contribution is -0.0217. The maximum absolute atomic E-state index is 12.8. The van der Waals surface area contributed by atoms with E-state index in [1.54, 1.807) is 0 Å². The predicted molar refractivity (Wildman–Crippen MR) is 110 cm³/mol. The molecule has 1 aliphatic carbocycles. The SMILES string of the molecule is COc1cc(C(=O)O[C@H]2C/C(C)=C\CC/C(C)=C/[C@H](O)[C@@H]2C(C)C)ccc1O. The molecule has 0 aliphatic heterocycles. The van der Waals surface area contributed by atoms with Crippen molar-refractivity contribution in [2.45, 2.75) is 59.2 Å². The van der Waals surface area contributed by atoms with Gasteiger partial charge in [0.1, 0.15) is 6.10 Å². The minimum Gasteiger partial charge on any atom is -0.504 e. The van der Waals surface area contributed by atoms with Gasteiger partial charge in [0.15, 0.2) is 11.5 Å². The Labute approximate surface area is 167 Å². The van der Waals surface area contributed by atoms with Crippen LogP contribution in [0.2, 0.25) is 0 Å². The van der Waals surface area contributed by atoms with Gasteiger partial charge in [0.05, 0.1) is 18.8 Å². The maximum atomic E-state index is 12.8. The number of phenols is 1. The highest BCUT2D eigenvalue weighted by atomic mass is 16.5. The average molecular weight is 389 g/mol. The molecule has 5 nitrogen and oxygen atoms in total. The molecule has 0 bridgehead atoms. The number of aliphatic hydroxyl groups excluding tert-OH is 1. The highest BCUT2D eigenvalue weighted by molar-refractivity contribution is 5.90. The normalized spacial score (nSPS) is 27.3. The summed E-state index contributed by atoms with van der Waals surface area (Å²) >= 11 is 0. The Bertz CT molecular complexity index is 747. The van der Waals surface area contributed by atoms with Crippen LogP contribution in [0.5, 0.6) is 11.5 Å². The summed E-state index contributed by atoms with van der Waals surface area (Å²) in [4.78, 5) is 12.8. The van der Waals surface area contributed by atoms with Crippen LogP contribution in [-0.4, -0.2) is 35.5 Å². The van der Waals surface area contributed by atoms with Crippen molar-refractivity contribution in [1.82, 2.24) is 0 Å². The molecule has 0 saturated heterocycles. The summed E-state index contributed by atoms with van der Waals surface area (Å²) in [6.45, 7) is 8.13. The number of allylic oxidation sites excluding steroid dienone is 2. The van der Waals surface area contributed by atoms with Crippen molar-refractivity contribution in [3.8, 4) is 11.5 Å². The fraction of sp³-hybridized carbons (Fsp3) is 0.522. The fourth-order valence-electron chi connectivity index (χ4n) is 3.74. The molecular formula is C23H32O5. The Morgan fingerprint density at radius 3 is 2.57 bits per heavy atom. The molecule has 0 aromatic heterocycles. The first-order chi connectivity index (χ1) is 13.2. The highest BCUT2D eigenvalue weighted by Gasteiger charge is 2.33. The molecule has 2 rings (SSSR count). The third kappa shape index (κ3) is 5.61. The van der Waals surface area contributed by atoms with Crippen molar-refractivity contribution in [2.24, 2.45) is 11.8 Å². The van der Waals surface area contributed by atoms with Crippen LogP contribution < -0.4 is 4.74 Å². The first-order valence-corrected chi connectivity index (χ1v) is 9.82. The molecule has 28 heavy (non-hydrogen) atoms. The Hall–Kier alpha value is -2.27. The topological polar surface area (TPSA) is 76.0 Å². The van der Waals surface area contributed by atoms with Gasteiger partial charge in [-0.1, -0.05) is 37.1 Å². The number of benzene rings is 1. The average Bonchev–Trinajstić information content (AvgIpc) is 2.61. The van der Waals surface area contributed by atoms with E-state index in [9.17, 15) is 15.0 Å². The Morgan fingerprint density at radius 2 is 1.93 bits per heavy atom. The van der Waals surface area contributed by atoms with Gasteiger partial charge < -0.3 is 19.7 Å². The number of carbonyl (C=O) groups is 1. The molecule has 0 spiro atoms. The van der Waals surface area contributed by atoms with Gasteiger partial charge in [0, 0.05) is 12.3 Å². The second-order valence-corrected chi connectivity index (χ2v) is 7.95. The van der Waals surface area contributed by atoms with Crippen molar-refractivity contribution in [3.05, 3.63) is 47.1 Å². The number of methoxy groups -OCH3 is 1. The van der Waals surface area contributed by atoms with E-state index in [0.717, 1.165) is 24.0 Å². The van der Waals surface area contributed by atoms with Gasteiger partial charge in [-0.05, 0) is 50.8 Å². The maximum Gasteiger partial charge on any atom is 0.338 e. The van der Waals surface area contributed by atoms with E-state index in [1.807, 2.05) is 33.8 Å². The number of hydrogen-bond acceptors (Lipinski definition) is 5. The number of hydrogen-bond donors (Lipinski definition) is 2. The van der Waals surface area contributed by atoms with E-state index in [-0.39, 0.29) is 23.3 Å². The lowest BCUT2D eigenvalue weighted by atomic mass is 9.81. The minimum absolute atomic E-state index is 0.0346. The van der Waals surface area contributed by atoms with Crippen LogP contribution in [0.1, 0.15) is 57.3 Å². The molecule has 0 heterocycles. The molecule has 154 valence electrons. The quantitative estimate of drug-likeness (QED) is 0.581. The summed E-state index contributed by atoms with van der Waals surface area (Å²) in [5.41, 5.74) is 2.59. The van der Waals surface area contributed by atoms with Gasteiger partial charge in [-0.3, -0.25) is 0 Å². The lowest BCUT2D eigenvalue weighted by Crippen LogP contribution is -2.38. The van der Waals surface area contributed by atoms with Crippen molar-refractivity contribution in [1.29, 1.82) is 0 Å². The van der Waals surface area contributed by atoms with Crippen LogP contribution in [0.3, 0.4) is 0 Å². The number of phenolic OH excluding ortho intramolecular Hbond substituents is 1. The van der Waals surface area contributed by atoms with E-state index < -0.39 is 18.2 Å². The molecule has 1 aromatic rings. The molecule has 0 unspecified atom stereocenters. The predicted octanol–water partition coefficient (Wildman–Crippen LogP) is 4.64. The number of ether oxygens (including phenoxy) is 2. The van der Waals surface area contributed by atoms with Crippen molar-refractivity contribution >= 4 is 5.97 Å². The summed E-state index contributed by atoms with van der Waals surface area (Å²) in [5, 5.41) is 20.6. The smallest absolute Gasteiger partial charge is 0.338 e. The zero-order chi connectivity index (χ0) is 20.8. The van der Waals surface area contributed by atoms with Gasteiger partial charge in [0.25, 0.3) is 0 Å². The Balaban J connectivity index is 2.33. The molecule has 1 aliphatic rings. The second kappa shape index (κ2) is 9.78. The molecule has 1 aromatic carbocycles. The number of rotatable bonds is 4. The number of carbonyl (C=O) groups excluding carboxylic acids is 1. The van der Waals surface area contributed by atoms with Crippen LogP contribution in [0.25, 0.3) is 0 Å². The molecule has 2 N–H and O–H groups in total. The van der Waals surface area contributed by atoms with E-state index >= 15 is 0 Å². The minimum atomic E-state index is -0.682. The highest BCUT2D eigenvalue weighted by Crippen LogP contribution is 2.31.